The number of allylic oxidation sites excluding steroid dienone is 1. The van der Waals surface area contributed by atoms with Crippen molar-refractivity contribution in [2.24, 2.45) is 0 Å². The maximum atomic E-state index is 10.5. The number of ether oxygens (including phenoxy) is 2. The van der Waals surface area contributed by atoms with Crippen molar-refractivity contribution in [1.29, 1.82) is 0 Å². The van der Waals surface area contributed by atoms with Crippen LogP contribution in [0.1, 0.15) is 12.5 Å². The van der Waals surface area contributed by atoms with E-state index in [0.717, 1.165) is 11.8 Å². The van der Waals surface area contributed by atoms with Crippen molar-refractivity contribution >= 4 is 12.4 Å². The lowest BCUT2D eigenvalue weighted by Crippen LogP contribution is -1.93. The first-order valence-corrected chi connectivity index (χ1v) is 4.57. The highest BCUT2D eigenvalue weighted by atomic mass is 16.5. The summed E-state index contributed by atoms with van der Waals surface area (Å²) >= 11 is 0. The maximum Gasteiger partial charge on any atom is 0.167 e. The van der Waals surface area contributed by atoms with Gasteiger partial charge in [0.1, 0.15) is 6.29 Å². The molecule has 15 heavy (non-hydrogen) atoms. The number of para-hydroxylation sites is 1. The summed E-state index contributed by atoms with van der Waals surface area (Å²) in [6.45, 7) is 1.74. The molecule has 0 N–H and O–H groups in total. The molecule has 0 saturated carbocycles. The number of aldehydes is 1. The van der Waals surface area contributed by atoms with Gasteiger partial charge in [0.25, 0.3) is 0 Å². The van der Waals surface area contributed by atoms with Crippen molar-refractivity contribution in [3.63, 3.8) is 0 Å². The Morgan fingerprint density at radius 2 is 2.00 bits per heavy atom. The summed E-state index contributed by atoms with van der Waals surface area (Å²) < 4.78 is 10.4. The normalized spacial score (nSPS) is 11.0. The molecule has 3 nitrogen and oxygen atoms in total. The van der Waals surface area contributed by atoms with Crippen LogP contribution in [0.25, 0.3) is 6.08 Å². The van der Waals surface area contributed by atoms with Gasteiger partial charge in [0.15, 0.2) is 11.5 Å². The lowest BCUT2D eigenvalue weighted by atomic mass is 10.1. The van der Waals surface area contributed by atoms with Gasteiger partial charge in [-0.3, -0.25) is 4.79 Å². The summed E-state index contributed by atoms with van der Waals surface area (Å²) in [6.07, 6.45) is 2.56. The third-order valence-corrected chi connectivity index (χ3v) is 2.00. The van der Waals surface area contributed by atoms with Gasteiger partial charge in [-0.05, 0) is 24.6 Å². The van der Waals surface area contributed by atoms with Crippen LogP contribution in [-0.2, 0) is 4.79 Å². The number of benzene rings is 1. The highest BCUT2D eigenvalue weighted by Crippen LogP contribution is 2.31. The molecule has 0 aliphatic rings. The first kappa shape index (κ1) is 11.3. The van der Waals surface area contributed by atoms with E-state index in [1.54, 1.807) is 27.2 Å². The minimum absolute atomic E-state index is 0.640. The smallest absolute Gasteiger partial charge is 0.167 e. The van der Waals surface area contributed by atoms with Crippen molar-refractivity contribution in [2.45, 2.75) is 6.92 Å². The van der Waals surface area contributed by atoms with E-state index >= 15 is 0 Å². The summed E-state index contributed by atoms with van der Waals surface area (Å²) in [7, 11) is 3.16. The molecule has 1 rings (SSSR count). The van der Waals surface area contributed by atoms with E-state index in [9.17, 15) is 4.79 Å². The van der Waals surface area contributed by atoms with Gasteiger partial charge in [0.2, 0.25) is 0 Å². The fourth-order valence-corrected chi connectivity index (χ4v) is 1.30. The fourth-order valence-electron chi connectivity index (χ4n) is 1.30. The summed E-state index contributed by atoms with van der Waals surface area (Å²) in [4.78, 5) is 10.5. The summed E-state index contributed by atoms with van der Waals surface area (Å²) in [6, 6.07) is 5.53. The van der Waals surface area contributed by atoms with Crippen molar-refractivity contribution in [3.8, 4) is 11.5 Å². The predicted molar refractivity (Wildman–Crippen MR) is 59.3 cm³/mol. The Labute approximate surface area is 89.3 Å². The maximum absolute atomic E-state index is 10.5. The Morgan fingerprint density at radius 3 is 2.53 bits per heavy atom. The van der Waals surface area contributed by atoms with E-state index < -0.39 is 0 Å². The average molecular weight is 206 g/mol. The van der Waals surface area contributed by atoms with Crippen molar-refractivity contribution in [3.05, 3.63) is 29.3 Å². The highest BCUT2D eigenvalue weighted by molar-refractivity contribution is 5.82. The van der Waals surface area contributed by atoms with Crippen LogP contribution < -0.4 is 9.47 Å². The molecule has 0 radical (unpaired) electrons. The minimum Gasteiger partial charge on any atom is -0.493 e. The standard InChI is InChI=1S/C12H14O3/c1-9(8-13)7-10-5-4-6-11(14-2)12(10)15-3/h4-8H,1-3H3. The summed E-state index contributed by atoms with van der Waals surface area (Å²) in [5.74, 6) is 1.30. The molecule has 0 amide bonds. The molecule has 0 aliphatic carbocycles. The SMILES string of the molecule is COc1cccc(C=C(C)C=O)c1OC. The lowest BCUT2D eigenvalue weighted by molar-refractivity contribution is -0.104. The molecule has 0 spiro atoms. The Hall–Kier alpha value is -1.77. The predicted octanol–water partition coefficient (Wildman–Crippen LogP) is 2.31. The zero-order chi connectivity index (χ0) is 11.3. The molecular weight excluding hydrogens is 192 g/mol. The highest BCUT2D eigenvalue weighted by Gasteiger charge is 2.06. The van der Waals surface area contributed by atoms with E-state index in [0.29, 0.717) is 17.1 Å². The summed E-state index contributed by atoms with van der Waals surface area (Å²) in [5, 5.41) is 0. The van der Waals surface area contributed by atoms with Crippen molar-refractivity contribution in [2.75, 3.05) is 14.2 Å². The van der Waals surface area contributed by atoms with Crippen LogP contribution in [0.4, 0.5) is 0 Å². The van der Waals surface area contributed by atoms with Gasteiger partial charge in [0, 0.05) is 5.56 Å². The van der Waals surface area contributed by atoms with Crippen LogP contribution in [0, 0.1) is 0 Å². The Morgan fingerprint density at radius 1 is 1.27 bits per heavy atom. The number of hydrogen-bond donors (Lipinski definition) is 0. The van der Waals surface area contributed by atoms with Crippen LogP contribution in [0.15, 0.2) is 23.8 Å². The van der Waals surface area contributed by atoms with Gasteiger partial charge in [-0.25, -0.2) is 0 Å². The second-order valence-corrected chi connectivity index (χ2v) is 3.09. The average Bonchev–Trinajstić information content (AvgIpc) is 2.28. The lowest BCUT2D eigenvalue weighted by Gasteiger charge is -2.09. The second-order valence-electron chi connectivity index (χ2n) is 3.09. The number of rotatable bonds is 4. The molecule has 0 heterocycles. The topological polar surface area (TPSA) is 35.5 Å². The van der Waals surface area contributed by atoms with Gasteiger partial charge >= 0.3 is 0 Å². The first-order chi connectivity index (χ1) is 7.22. The molecule has 0 aromatic heterocycles. The van der Waals surface area contributed by atoms with Gasteiger partial charge in [0.05, 0.1) is 14.2 Å². The zero-order valence-electron chi connectivity index (χ0n) is 9.11. The fraction of sp³-hybridized carbons (Fsp3) is 0.250. The Kier molecular flexibility index (Phi) is 3.92. The van der Waals surface area contributed by atoms with Gasteiger partial charge in [-0.15, -0.1) is 0 Å². The molecule has 0 aliphatic heterocycles. The van der Waals surface area contributed by atoms with Crippen LogP contribution in [0.5, 0.6) is 11.5 Å². The quantitative estimate of drug-likeness (QED) is 0.560. The van der Waals surface area contributed by atoms with E-state index in [-0.39, 0.29) is 0 Å². The minimum atomic E-state index is 0.640. The third-order valence-electron chi connectivity index (χ3n) is 2.00. The number of carbonyl (C=O) groups is 1. The molecule has 3 heteroatoms. The largest absolute Gasteiger partial charge is 0.493 e. The number of carbonyl (C=O) groups excluding carboxylic acids is 1. The van der Waals surface area contributed by atoms with Crippen LogP contribution in [0.3, 0.4) is 0 Å². The molecule has 1 aromatic carbocycles. The zero-order valence-corrected chi connectivity index (χ0v) is 9.11. The van der Waals surface area contributed by atoms with Crippen LogP contribution >= 0.6 is 0 Å². The van der Waals surface area contributed by atoms with E-state index in [1.807, 2.05) is 18.2 Å². The molecule has 0 unspecified atom stereocenters. The molecule has 0 bridgehead atoms. The van der Waals surface area contributed by atoms with Crippen molar-refractivity contribution in [1.82, 2.24) is 0 Å². The third kappa shape index (κ3) is 2.59. The van der Waals surface area contributed by atoms with Crippen LogP contribution in [-0.4, -0.2) is 20.5 Å². The molecule has 80 valence electrons. The molecular formula is C12H14O3. The van der Waals surface area contributed by atoms with Gasteiger partial charge in [-0.2, -0.15) is 0 Å². The van der Waals surface area contributed by atoms with Crippen LogP contribution in [0.2, 0.25) is 0 Å². The molecule has 1 aromatic rings. The van der Waals surface area contributed by atoms with E-state index in [1.165, 1.54) is 0 Å². The van der Waals surface area contributed by atoms with Gasteiger partial charge in [-0.1, -0.05) is 12.1 Å². The van der Waals surface area contributed by atoms with Gasteiger partial charge < -0.3 is 9.47 Å². The Bertz CT molecular complexity index is 380. The summed E-state index contributed by atoms with van der Waals surface area (Å²) in [5.41, 5.74) is 1.48. The monoisotopic (exact) mass is 206 g/mol. The van der Waals surface area contributed by atoms with E-state index in [2.05, 4.69) is 0 Å². The molecule has 0 fully saturated rings. The number of methoxy groups -OCH3 is 2. The van der Waals surface area contributed by atoms with Crippen molar-refractivity contribution < 1.29 is 14.3 Å². The first-order valence-electron chi connectivity index (χ1n) is 4.57. The Balaban J connectivity index is 3.23. The number of hydrogen-bond acceptors (Lipinski definition) is 3. The van der Waals surface area contributed by atoms with E-state index in [4.69, 9.17) is 9.47 Å². The second kappa shape index (κ2) is 5.20. The molecule has 0 atom stereocenters. The molecule has 0 saturated heterocycles.